The summed E-state index contributed by atoms with van der Waals surface area (Å²) in [6.07, 6.45) is 0. The molecular weight excluding hydrogens is 350 g/mol. The molecule has 0 aliphatic carbocycles. The zero-order valence-electron chi connectivity index (χ0n) is 11.4. The molecule has 0 fully saturated rings. The molecule has 108 valence electrons. The summed E-state index contributed by atoms with van der Waals surface area (Å²) in [5.41, 5.74) is 9.61. The molecule has 21 heavy (non-hydrogen) atoms. The van der Waals surface area contributed by atoms with Gasteiger partial charge in [0.2, 0.25) is 0 Å². The molecule has 0 unspecified atom stereocenters. The van der Waals surface area contributed by atoms with Crippen LogP contribution in [-0.4, -0.2) is 17.1 Å². The topological polar surface area (TPSA) is 63.9 Å². The third-order valence-electron chi connectivity index (χ3n) is 3.08. The first-order chi connectivity index (χ1) is 10.2. The van der Waals surface area contributed by atoms with Gasteiger partial charge in [0, 0.05) is 11.4 Å². The third-order valence-corrected chi connectivity index (χ3v) is 4.64. The fourth-order valence-electron chi connectivity index (χ4n) is 2.02. The highest BCUT2D eigenvalue weighted by molar-refractivity contribution is 9.10. The van der Waals surface area contributed by atoms with Crippen LogP contribution in [0.4, 0.5) is 5.69 Å². The van der Waals surface area contributed by atoms with E-state index >= 15 is 0 Å². The van der Waals surface area contributed by atoms with Gasteiger partial charge in [0.05, 0.1) is 22.6 Å². The fraction of sp³-hybridized carbons (Fsp3) is 0.133. The second-order valence-electron chi connectivity index (χ2n) is 4.58. The maximum Gasteiger partial charge on any atom is 0.166 e. The molecule has 1 aromatic heterocycles. The van der Waals surface area contributed by atoms with Gasteiger partial charge < -0.3 is 15.5 Å². The number of aromatic amines is 1. The molecule has 0 aliphatic rings. The predicted molar refractivity (Wildman–Crippen MR) is 90.8 cm³/mol. The van der Waals surface area contributed by atoms with E-state index in [9.17, 15) is 0 Å². The number of anilines is 1. The lowest BCUT2D eigenvalue weighted by molar-refractivity contribution is 0.412. The highest BCUT2D eigenvalue weighted by atomic mass is 79.9. The lowest BCUT2D eigenvalue weighted by atomic mass is 10.2. The second-order valence-corrected chi connectivity index (χ2v) is 6.39. The minimum absolute atomic E-state index is 0.738. The van der Waals surface area contributed by atoms with E-state index in [1.54, 1.807) is 18.9 Å². The number of fused-ring (bicyclic) bond motifs is 1. The van der Waals surface area contributed by atoms with Crippen molar-refractivity contribution in [1.82, 2.24) is 9.97 Å². The van der Waals surface area contributed by atoms with Crippen molar-refractivity contribution < 1.29 is 4.74 Å². The maximum absolute atomic E-state index is 5.77. The lowest BCUT2D eigenvalue weighted by Crippen LogP contribution is -1.87. The van der Waals surface area contributed by atoms with Crippen molar-refractivity contribution in [3.8, 4) is 5.75 Å². The highest BCUT2D eigenvalue weighted by Crippen LogP contribution is 2.29. The summed E-state index contributed by atoms with van der Waals surface area (Å²) < 4.78 is 6.19. The Kier molecular flexibility index (Phi) is 4.07. The molecule has 0 atom stereocenters. The van der Waals surface area contributed by atoms with Crippen LogP contribution >= 0.6 is 27.7 Å². The van der Waals surface area contributed by atoms with E-state index in [1.807, 2.05) is 24.3 Å². The van der Waals surface area contributed by atoms with Crippen molar-refractivity contribution in [2.24, 2.45) is 0 Å². The van der Waals surface area contributed by atoms with Crippen molar-refractivity contribution in [3.05, 3.63) is 46.4 Å². The summed E-state index contributed by atoms with van der Waals surface area (Å²) in [6, 6.07) is 11.8. The summed E-state index contributed by atoms with van der Waals surface area (Å²) in [5, 5.41) is 0.891. The molecular formula is C15H14BrN3OS. The monoisotopic (exact) mass is 363 g/mol. The molecule has 3 aromatic rings. The van der Waals surface area contributed by atoms with Crippen LogP contribution in [0.1, 0.15) is 5.56 Å². The molecule has 0 bridgehead atoms. The van der Waals surface area contributed by atoms with Crippen LogP contribution in [0.5, 0.6) is 5.75 Å². The van der Waals surface area contributed by atoms with Crippen LogP contribution in [0, 0.1) is 0 Å². The first kappa shape index (κ1) is 14.3. The molecule has 1 heterocycles. The summed E-state index contributed by atoms with van der Waals surface area (Å²) in [6.45, 7) is 0. The zero-order valence-corrected chi connectivity index (χ0v) is 13.8. The van der Waals surface area contributed by atoms with Crippen LogP contribution < -0.4 is 10.5 Å². The van der Waals surface area contributed by atoms with Crippen molar-refractivity contribution in [3.63, 3.8) is 0 Å². The Morgan fingerprint density at radius 2 is 2.14 bits per heavy atom. The van der Waals surface area contributed by atoms with Crippen LogP contribution in [0.2, 0.25) is 0 Å². The van der Waals surface area contributed by atoms with Crippen LogP contribution in [-0.2, 0) is 5.75 Å². The number of ether oxygens (including phenoxy) is 1. The molecule has 0 radical (unpaired) electrons. The van der Waals surface area contributed by atoms with E-state index in [0.717, 1.165) is 37.9 Å². The third kappa shape index (κ3) is 3.16. The van der Waals surface area contributed by atoms with E-state index in [0.29, 0.717) is 0 Å². The van der Waals surface area contributed by atoms with Crippen LogP contribution in [0.3, 0.4) is 0 Å². The van der Waals surface area contributed by atoms with Gasteiger partial charge in [-0.15, -0.1) is 0 Å². The minimum atomic E-state index is 0.738. The van der Waals surface area contributed by atoms with Gasteiger partial charge in [-0.3, -0.25) is 0 Å². The largest absolute Gasteiger partial charge is 0.496 e. The molecule has 0 aliphatic heterocycles. The lowest BCUT2D eigenvalue weighted by Gasteiger charge is -2.05. The van der Waals surface area contributed by atoms with Crippen molar-refractivity contribution >= 4 is 44.4 Å². The molecule has 0 amide bonds. The fourth-order valence-corrected chi connectivity index (χ4v) is 3.44. The number of nitrogen functional groups attached to an aromatic ring is 1. The van der Waals surface area contributed by atoms with E-state index in [-0.39, 0.29) is 0 Å². The van der Waals surface area contributed by atoms with Gasteiger partial charge in [-0.25, -0.2) is 4.98 Å². The molecule has 0 spiro atoms. The highest BCUT2D eigenvalue weighted by Gasteiger charge is 2.06. The maximum atomic E-state index is 5.77. The Morgan fingerprint density at radius 3 is 2.90 bits per heavy atom. The van der Waals surface area contributed by atoms with Gasteiger partial charge in [-0.1, -0.05) is 17.8 Å². The molecule has 0 saturated carbocycles. The number of nitrogens with two attached hydrogens (primary N) is 1. The summed E-state index contributed by atoms with van der Waals surface area (Å²) >= 11 is 5.16. The number of rotatable bonds is 4. The average Bonchev–Trinajstić information content (AvgIpc) is 2.87. The SMILES string of the molecule is COc1ccc(CSc2nc3ccc(N)cc3[nH]2)cc1Br. The molecule has 4 nitrogen and oxygen atoms in total. The van der Waals surface area contributed by atoms with E-state index in [1.165, 1.54) is 5.56 Å². The number of nitrogens with one attached hydrogen (secondary N) is 1. The molecule has 0 saturated heterocycles. The quantitative estimate of drug-likeness (QED) is 0.538. The minimum Gasteiger partial charge on any atom is -0.496 e. The number of aromatic nitrogens is 2. The van der Waals surface area contributed by atoms with Crippen molar-refractivity contribution in [2.45, 2.75) is 10.9 Å². The number of nitrogens with zero attached hydrogens (tertiary/aromatic N) is 1. The second kappa shape index (κ2) is 5.99. The smallest absolute Gasteiger partial charge is 0.166 e. The number of benzene rings is 2. The Balaban J connectivity index is 1.75. The van der Waals surface area contributed by atoms with E-state index < -0.39 is 0 Å². The molecule has 2 aromatic carbocycles. The standard InChI is InChI=1S/C15H14BrN3OS/c1-20-14-5-2-9(6-11(14)16)8-21-15-18-12-4-3-10(17)7-13(12)19-15/h2-7H,8,17H2,1H3,(H,18,19). The van der Waals surface area contributed by atoms with Gasteiger partial charge in [0.15, 0.2) is 5.16 Å². The van der Waals surface area contributed by atoms with Crippen LogP contribution in [0.25, 0.3) is 11.0 Å². The Hall–Kier alpha value is -1.66. The number of hydrogen-bond donors (Lipinski definition) is 2. The normalized spacial score (nSPS) is 11.0. The van der Waals surface area contributed by atoms with Crippen molar-refractivity contribution in [2.75, 3.05) is 12.8 Å². The summed E-state index contributed by atoms with van der Waals surface area (Å²) in [5.74, 6) is 1.67. The molecule has 3 rings (SSSR count). The first-order valence-corrected chi connectivity index (χ1v) is 8.14. The number of methoxy groups -OCH3 is 1. The number of H-pyrrole nitrogens is 1. The van der Waals surface area contributed by atoms with Gasteiger partial charge >= 0.3 is 0 Å². The number of thioether (sulfide) groups is 1. The van der Waals surface area contributed by atoms with E-state index in [2.05, 4.69) is 38.0 Å². The van der Waals surface area contributed by atoms with Gasteiger partial charge in [0.25, 0.3) is 0 Å². The molecule has 3 N–H and O–H groups in total. The van der Waals surface area contributed by atoms with Gasteiger partial charge in [0.1, 0.15) is 5.75 Å². The number of imidazole rings is 1. The molecule has 6 heteroatoms. The Bertz CT molecular complexity index is 788. The average molecular weight is 364 g/mol. The van der Waals surface area contributed by atoms with Crippen molar-refractivity contribution in [1.29, 1.82) is 0 Å². The first-order valence-electron chi connectivity index (χ1n) is 6.36. The Morgan fingerprint density at radius 1 is 1.29 bits per heavy atom. The summed E-state index contributed by atoms with van der Waals surface area (Å²) in [7, 11) is 1.66. The van der Waals surface area contributed by atoms with Gasteiger partial charge in [-0.05, 0) is 51.8 Å². The van der Waals surface area contributed by atoms with Gasteiger partial charge in [-0.2, -0.15) is 0 Å². The van der Waals surface area contributed by atoms with Crippen LogP contribution in [0.15, 0.2) is 46.0 Å². The predicted octanol–water partition coefficient (Wildman–Crippen LogP) is 4.21. The zero-order chi connectivity index (χ0) is 14.8. The number of hydrogen-bond acceptors (Lipinski definition) is 4. The summed E-state index contributed by atoms with van der Waals surface area (Å²) in [4.78, 5) is 7.82. The van der Waals surface area contributed by atoms with E-state index in [4.69, 9.17) is 10.5 Å². The Labute approximate surface area is 135 Å². The number of halogens is 1.